The lowest BCUT2D eigenvalue weighted by atomic mass is 9.86. The molecule has 1 saturated carbocycles. The van der Waals surface area contributed by atoms with Crippen molar-refractivity contribution in [3.8, 4) is 0 Å². The molecule has 1 aliphatic rings. The second kappa shape index (κ2) is 6.59. The number of aryl methyl sites for hydroxylation is 3. The lowest BCUT2D eigenvalue weighted by Gasteiger charge is -2.23. The molecule has 1 aromatic rings. The smallest absolute Gasteiger partial charge is 0.188 e. The summed E-state index contributed by atoms with van der Waals surface area (Å²) in [5.74, 6) is 1.36. The van der Waals surface area contributed by atoms with E-state index < -0.39 is 0 Å². The van der Waals surface area contributed by atoms with Gasteiger partial charge in [0.15, 0.2) is 5.96 Å². The molecule has 0 radical (unpaired) electrons. The second-order valence-corrected chi connectivity index (χ2v) is 5.45. The standard InChI is InChI=1S/C14H25N5/c1-11-9-12(2)19(18-11)8-4-7-16-14(15)17-10-13-5-3-6-13/h9,13H,3-8,10H2,1-2H3,(H3,15,16,17). The van der Waals surface area contributed by atoms with Crippen LogP contribution in [0.2, 0.25) is 0 Å². The van der Waals surface area contributed by atoms with Crippen LogP contribution in [0.5, 0.6) is 0 Å². The number of aliphatic imine (C=N–C) groups is 1. The molecular formula is C14H25N5. The van der Waals surface area contributed by atoms with Gasteiger partial charge in [-0.15, -0.1) is 0 Å². The maximum atomic E-state index is 5.83. The van der Waals surface area contributed by atoms with Gasteiger partial charge in [0.2, 0.25) is 0 Å². The van der Waals surface area contributed by atoms with E-state index in [2.05, 4.69) is 28.4 Å². The summed E-state index contributed by atoms with van der Waals surface area (Å²) in [5, 5.41) is 7.60. The molecular weight excluding hydrogens is 238 g/mol. The molecule has 5 heteroatoms. The average molecular weight is 263 g/mol. The Kier molecular flexibility index (Phi) is 4.82. The van der Waals surface area contributed by atoms with Crippen LogP contribution < -0.4 is 11.1 Å². The monoisotopic (exact) mass is 263 g/mol. The van der Waals surface area contributed by atoms with E-state index in [1.807, 2.05) is 11.6 Å². The van der Waals surface area contributed by atoms with Gasteiger partial charge in [0.1, 0.15) is 0 Å². The first-order valence-corrected chi connectivity index (χ1v) is 7.20. The molecule has 19 heavy (non-hydrogen) atoms. The second-order valence-electron chi connectivity index (χ2n) is 5.45. The fourth-order valence-corrected chi connectivity index (χ4v) is 2.31. The van der Waals surface area contributed by atoms with Crippen molar-refractivity contribution in [2.45, 2.75) is 46.1 Å². The van der Waals surface area contributed by atoms with E-state index >= 15 is 0 Å². The SMILES string of the molecule is Cc1cc(C)n(CCCNC(N)=NCC2CCC2)n1. The van der Waals surface area contributed by atoms with Crippen molar-refractivity contribution in [3.05, 3.63) is 17.5 Å². The van der Waals surface area contributed by atoms with E-state index in [1.54, 1.807) is 0 Å². The predicted molar refractivity (Wildman–Crippen MR) is 78.2 cm³/mol. The number of aromatic nitrogens is 2. The number of hydrogen-bond donors (Lipinski definition) is 2. The van der Waals surface area contributed by atoms with Gasteiger partial charge in [-0.05, 0) is 45.1 Å². The number of nitrogens with two attached hydrogens (primary N) is 1. The Morgan fingerprint density at radius 2 is 2.32 bits per heavy atom. The molecule has 1 heterocycles. The normalized spacial score (nSPS) is 16.4. The Balaban J connectivity index is 1.61. The lowest BCUT2D eigenvalue weighted by molar-refractivity contribution is 0.326. The van der Waals surface area contributed by atoms with Gasteiger partial charge in [0, 0.05) is 25.3 Å². The predicted octanol–water partition coefficient (Wildman–Crippen LogP) is 1.59. The molecule has 0 aliphatic heterocycles. The third-order valence-electron chi connectivity index (χ3n) is 3.70. The van der Waals surface area contributed by atoms with Crippen molar-refractivity contribution >= 4 is 5.96 Å². The quantitative estimate of drug-likeness (QED) is 0.465. The van der Waals surface area contributed by atoms with Crippen LogP contribution in [0.4, 0.5) is 0 Å². The molecule has 1 fully saturated rings. The highest BCUT2D eigenvalue weighted by Crippen LogP contribution is 2.26. The Morgan fingerprint density at radius 3 is 2.89 bits per heavy atom. The van der Waals surface area contributed by atoms with E-state index in [-0.39, 0.29) is 0 Å². The Hall–Kier alpha value is -1.52. The zero-order valence-electron chi connectivity index (χ0n) is 12.0. The number of guanidine groups is 1. The van der Waals surface area contributed by atoms with Crippen LogP contribution in [0.25, 0.3) is 0 Å². The van der Waals surface area contributed by atoms with Crippen molar-refractivity contribution in [1.82, 2.24) is 15.1 Å². The summed E-state index contributed by atoms with van der Waals surface area (Å²) >= 11 is 0. The molecule has 0 aromatic carbocycles. The Bertz CT molecular complexity index is 431. The third-order valence-corrected chi connectivity index (χ3v) is 3.70. The topological polar surface area (TPSA) is 68.2 Å². The molecule has 1 aliphatic carbocycles. The van der Waals surface area contributed by atoms with Crippen LogP contribution in [0.1, 0.15) is 37.1 Å². The number of rotatable bonds is 6. The van der Waals surface area contributed by atoms with Crippen molar-refractivity contribution in [1.29, 1.82) is 0 Å². The molecule has 0 saturated heterocycles. The van der Waals surface area contributed by atoms with Crippen LogP contribution in [-0.4, -0.2) is 28.8 Å². The summed E-state index contributed by atoms with van der Waals surface area (Å²) in [6, 6.07) is 2.10. The first kappa shape index (κ1) is 13.9. The summed E-state index contributed by atoms with van der Waals surface area (Å²) in [4.78, 5) is 4.37. The minimum Gasteiger partial charge on any atom is -0.370 e. The van der Waals surface area contributed by atoms with E-state index in [4.69, 9.17) is 5.73 Å². The van der Waals surface area contributed by atoms with Gasteiger partial charge in [0.25, 0.3) is 0 Å². The van der Waals surface area contributed by atoms with Crippen molar-refractivity contribution in [2.75, 3.05) is 13.1 Å². The summed E-state index contributed by atoms with van der Waals surface area (Å²) in [7, 11) is 0. The molecule has 3 N–H and O–H groups in total. The van der Waals surface area contributed by atoms with Crippen molar-refractivity contribution in [3.63, 3.8) is 0 Å². The fourth-order valence-electron chi connectivity index (χ4n) is 2.31. The minimum absolute atomic E-state index is 0.584. The molecule has 106 valence electrons. The number of nitrogens with zero attached hydrogens (tertiary/aromatic N) is 3. The third kappa shape index (κ3) is 4.26. The van der Waals surface area contributed by atoms with E-state index in [0.29, 0.717) is 5.96 Å². The van der Waals surface area contributed by atoms with Gasteiger partial charge in [-0.3, -0.25) is 9.67 Å². The van der Waals surface area contributed by atoms with Gasteiger partial charge in [0.05, 0.1) is 5.69 Å². The van der Waals surface area contributed by atoms with Gasteiger partial charge < -0.3 is 11.1 Å². The molecule has 0 atom stereocenters. The summed E-state index contributed by atoms with van der Waals surface area (Å²) in [5.41, 5.74) is 8.12. The summed E-state index contributed by atoms with van der Waals surface area (Å²) in [6.07, 6.45) is 4.99. The molecule has 5 nitrogen and oxygen atoms in total. The molecule has 1 aromatic heterocycles. The summed E-state index contributed by atoms with van der Waals surface area (Å²) in [6.45, 7) is 6.76. The molecule has 0 unspecified atom stereocenters. The van der Waals surface area contributed by atoms with Crippen LogP contribution >= 0.6 is 0 Å². The van der Waals surface area contributed by atoms with Crippen molar-refractivity contribution < 1.29 is 0 Å². The zero-order chi connectivity index (χ0) is 13.7. The van der Waals surface area contributed by atoms with Gasteiger partial charge >= 0.3 is 0 Å². The van der Waals surface area contributed by atoms with E-state index in [1.165, 1.54) is 25.0 Å². The van der Waals surface area contributed by atoms with Crippen LogP contribution in [-0.2, 0) is 6.54 Å². The zero-order valence-corrected chi connectivity index (χ0v) is 12.0. The van der Waals surface area contributed by atoms with E-state index in [9.17, 15) is 0 Å². The highest BCUT2D eigenvalue weighted by atomic mass is 15.3. The van der Waals surface area contributed by atoms with Gasteiger partial charge in [-0.1, -0.05) is 6.42 Å². The maximum absolute atomic E-state index is 5.83. The molecule has 2 rings (SSSR count). The lowest BCUT2D eigenvalue weighted by Crippen LogP contribution is -2.33. The molecule has 0 spiro atoms. The highest BCUT2D eigenvalue weighted by Gasteiger charge is 2.16. The first-order valence-electron chi connectivity index (χ1n) is 7.20. The Labute approximate surface area is 115 Å². The van der Waals surface area contributed by atoms with Crippen LogP contribution in [0.3, 0.4) is 0 Å². The summed E-state index contributed by atoms with van der Waals surface area (Å²) < 4.78 is 2.04. The van der Waals surface area contributed by atoms with Crippen LogP contribution in [0.15, 0.2) is 11.1 Å². The Morgan fingerprint density at radius 1 is 1.53 bits per heavy atom. The number of nitrogens with one attached hydrogen (secondary N) is 1. The van der Waals surface area contributed by atoms with Crippen LogP contribution in [0, 0.1) is 19.8 Å². The van der Waals surface area contributed by atoms with Gasteiger partial charge in [-0.2, -0.15) is 5.10 Å². The van der Waals surface area contributed by atoms with Gasteiger partial charge in [-0.25, -0.2) is 0 Å². The highest BCUT2D eigenvalue weighted by molar-refractivity contribution is 5.77. The maximum Gasteiger partial charge on any atom is 0.188 e. The van der Waals surface area contributed by atoms with E-state index in [0.717, 1.165) is 37.7 Å². The average Bonchev–Trinajstić information content (AvgIpc) is 2.61. The largest absolute Gasteiger partial charge is 0.370 e. The van der Waals surface area contributed by atoms with Crippen molar-refractivity contribution in [2.24, 2.45) is 16.6 Å². The first-order chi connectivity index (χ1) is 9.15. The molecule has 0 amide bonds. The minimum atomic E-state index is 0.584. The molecule has 0 bridgehead atoms. The number of hydrogen-bond acceptors (Lipinski definition) is 2. The fraction of sp³-hybridized carbons (Fsp3) is 0.714.